The normalized spacial score (nSPS) is 18.2. The van der Waals surface area contributed by atoms with Crippen molar-refractivity contribution in [2.24, 2.45) is 5.41 Å². The Kier molecular flexibility index (Phi) is 3.32. The highest BCUT2D eigenvalue weighted by molar-refractivity contribution is 5.72. The van der Waals surface area contributed by atoms with Crippen molar-refractivity contribution in [3.05, 3.63) is 23.8 Å². The maximum atomic E-state index is 3.60. The molecule has 1 aliphatic rings. The average molecular weight is 232 g/mol. The molecular formula is C15H24N2. The van der Waals surface area contributed by atoms with Crippen LogP contribution in [0.5, 0.6) is 0 Å². The van der Waals surface area contributed by atoms with E-state index in [1.807, 2.05) is 0 Å². The second kappa shape index (κ2) is 4.59. The molecule has 0 atom stereocenters. The Bertz CT molecular complexity index is 396. The van der Waals surface area contributed by atoms with E-state index in [-0.39, 0.29) is 0 Å². The third-order valence-corrected chi connectivity index (χ3v) is 3.36. The maximum Gasteiger partial charge on any atom is 0.0602 e. The summed E-state index contributed by atoms with van der Waals surface area (Å²) in [6.45, 7) is 12.4. The molecule has 0 radical (unpaired) electrons. The largest absolute Gasteiger partial charge is 0.383 e. The van der Waals surface area contributed by atoms with Crippen LogP contribution < -0.4 is 10.2 Å². The van der Waals surface area contributed by atoms with E-state index >= 15 is 0 Å². The highest BCUT2D eigenvalue weighted by atomic mass is 15.2. The first-order chi connectivity index (χ1) is 8.02. The highest BCUT2D eigenvalue weighted by Gasteiger charge is 2.26. The zero-order valence-electron chi connectivity index (χ0n) is 11.5. The van der Waals surface area contributed by atoms with E-state index in [4.69, 9.17) is 0 Å². The lowest BCUT2D eigenvalue weighted by Gasteiger charge is -2.30. The minimum Gasteiger partial charge on any atom is -0.383 e. The second-order valence-corrected chi connectivity index (χ2v) is 5.96. The number of anilines is 2. The fourth-order valence-corrected chi connectivity index (χ4v) is 2.53. The molecule has 1 aliphatic heterocycles. The van der Waals surface area contributed by atoms with Crippen LogP contribution >= 0.6 is 0 Å². The summed E-state index contributed by atoms with van der Waals surface area (Å²) in [5.41, 5.74) is 4.31. The Hall–Kier alpha value is -1.18. The van der Waals surface area contributed by atoms with Gasteiger partial charge in [0, 0.05) is 19.6 Å². The van der Waals surface area contributed by atoms with Crippen LogP contribution in [-0.2, 0) is 0 Å². The van der Waals surface area contributed by atoms with Gasteiger partial charge in [-0.05, 0) is 36.5 Å². The monoisotopic (exact) mass is 232 g/mol. The lowest BCUT2D eigenvalue weighted by atomic mass is 9.93. The van der Waals surface area contributed by atoms with Gasteiger partial charge in [0.05, 0.1) is 11.4 Å². The number of rotatable bonds is 2. The average Bonchev–Trinajstić information content (AvgIpc) is 2.37. The molecule has 1 aromatic carbocycles. The minimum absolute atomic E-state index is 0.322. The molecule has 2 nitrogen and oxygen atoms in total. The van der Waals surface area contributed by atoms with Crippen molar-refractivity contribution in [2.45, 2.75) is 34.1 Å². The molecule has 1 N–H and O–H groups in total. The van der Waals surface area contributed by atoms with Crippen molar-refractivity contribution in [1.29, 1.82) is 0 Å². The van der Waals surface area contributed by atoms with E-state index in [0.717, 1.165) is 19.6 Å². The van der Waals surface area contributed by atoms with E-state index in [9.17, 15) is 0 Å². The Balaban J connectivity index is 2.37. The van der Waals surface area contributed by atoms with Crippen LogP contribution in [0.25, 0.3) is 0 Å². The molecule has 0 saturated heterocycles. The predicted molar refractivity (Wildman–Crippen MR) is 76.0 cm³/mol. The van der Waals surface area contributed by atoms with Gasteiger partial charge in [0.25, 0.3) is 0 Å². The van der Waals surface area contributed by atoms with Crippen LogP contribution in [0.15, 0.2) is 18.2 Å². The van der Waals surface area contributed by atoms with Crippen LogP contribution in [-0.4, -0.2) is 19.6 Å². The minimum atomic E-state index is 0.322. The van der Waals surface area contributed by atoms with Crippen LogP contribution in [0.4, 0.5) is 11.4 Å². The number of hydrogen-bond acceptors (Lipinski definition) is 2. The summed E-state index contributed by atoms with van der Waals surface area (Å²) in [4.78, 5) is 2.52. The van der Waals surface area contributed by atoms with Gasteiger partial charge in [-0.2, -0.15) is 0 Å². The molecule has 17 heavy (non-hydrogen) atoms. The van der Waals surface area contributed by atoms with Crippen molar-refractivity contribution in [3.8, 4) is 0 Å². The number of benzene rings is 1. The first-order valence-electron chi connectivity index (χ1n) is 6.61. The van der Waals surface area contributed by atoms with Gasteiger partial charge in [-0.15, -0.1) is 0 Å². The topological polar surface area (TPSA) is 15.3 Å². The molecule has 0 spiro atoms. The highest BCUT2D eigenvalue weighted by Crippen LogP contribution is 2.34. The summed E-state index contributed by atoms with van der Waals surface area (Å²) >= 11 is 0. The summed E-state index contributed by atoms with van der Waals surface area (Å²) in [6.07, 6.45) is 1.20. The van der Waals surface area contributed by atoms with E-state index in [0.29, 0.717) is 5.41 Å². The Morgan fingerprint density at radius 1 is 1.35 bits per heavy atom. The fraction of sp³-hybridized carbons (Fsp3) is 0.600. The molecular weight excluding hydrogens is 208 g/mol. The second-order valence-electron chi connectivity index (χ2n) is 5.96. The lowest BCUT2D eigenvalue weighted by Crippen LogP contribution is -2.36. The first kappa shape index (κ1) is 12.3. The van der Waals surface area contributed by atoms with Crippen molar-refractivity contribution >= 4 is 11.4 Å². The third-order valence-electron chi connectivity index (χ3n) is 3.36. The van der Waals surface area contributed by atoms with E-state index in [1.54, 1.807) is 0 Å². The zero-order chi connectivity index (χ0) is 12.5. The van der Waals surface area contributed by atoms with Gasteiger partial charge in [-0.3, -0.25) is 0 Å². The van der Waals surface area contributed by atoms with Crippen LogP contribution in [0.1, 0.15) is 32.8 Å². The van der Waals surface area contributed by atoms with Crippen LogP contribution in [0, 0.1) is 12.3 Å². The third kappa shape index (κ3) is 2.74. The summed E-state index contributed by atoms with van der Waals surface area (Å²) < 4.78 is 0. The molecule has 2 rings (SSSR count). The van der Waals surface area contributed by atoms with Gasteiger partial charge in [0.15, 0.2) is 0 Å². The smallest absolute Gasteiger partial charge is 0.0602 e. The molecule has 0 bridgehead atoms. The van der Waals surface area contributed by atoms with Gasteiger partial charge in [-0.1, -0.05) is 26.8 Å². The number of fused-ring (bicyclic) bond motifs is 1. The van der Waals surface area contributed by atoms with Crippen LogP contribution in [0.2, 0.25) is 0 Å². The number of hydrogen-bond donors (Lipinski definition) is 1. The van der Waals surface area contributed by atoms with Crippen molar-refractivity contribution < 1.29 is 0 Å². The van der Waals surface area contributed by atoms with Gasteiger partial charge < -0.3 is 10.2 Å². The van der Waals surface area contributed by atoms with E-state index in [2.05, 4.69) is 56.1 Å². The summed E-state index contributed by atoms with van der Waals surface area (Å²) in [7, 11) is 0. The van der Waals surface area contributed by atoms with Gasteiger partial charge in [0.1, 0.15) is 0 Å². The molecule has 0 unspecified atom stereocenters. The fourth-order valence-electron chi connectivity index (χ4n) is 2.53. The maximum absolute atomic E-state index is 3.60. The van der Waals surface area contributed by atoms with E-state index in [1.165, 1.54) is 23.4 Å². The molecule has 2 heteroatoms. The summed E-state index contributed by atoms with van der Waals surface area (Å²) in [5, 5.41) is 3.60. The number of nitrogens with one attached hydrogen (secondary N) is 1. The Morgan fingerprint density at radius 2 is 2.12 bits per heavy atom. The van der Waals surface area contributed by atoms with Crippen molar-refractivity contribution in [1.82, 2.24) is 0 Å². The molecule has 1 aromatic rings. The number of nitrogens with zero attached hydrogens (tertiary/aromatic N) is 1. The standard InChI is InChI=1S/C15H24N2/c1-5-8-17-11-15(3,4)10-16-13-9-12(2)6-7-14(13)17/h6-7,9,16H,5,8,10-11H2,1-4H3. The molecule has 1 heterocycles. The molecule has 0 amide bonds. The van der Waals surface area contributed by atoms with Gasteiger partial charge in [0.2, 0.25) is 0 Å². The Labute approximate surface area is 105 Å². The first-order valence-corrected chi connectivity index (χ1v) is 6.61. The SMILES string of the molecule is CCCN1CC(C)(C)CNc2cc(C)ccc21. The van der Waals surface area contributed by atoms with Gasteiger partial charge >= 0.3 is 0 Å². The summed E-state index contributed by atoms with van der Waals surface area (Å²) in [5.74, 6) is 0. The number of aryl methyl sites for hydroxylation is 1. The Morgan fingerprint density at radius 3 is 2.82 bits per heavy atom. The quantitative estimate of drug-likeness (QED) is 0.837. The van der Waals surface area contributed by atoms with E-state index < -0.39 is 0 Å². The lowest BCUT2D eigenvalue weighted by molar-refractivity contribution is 0.395. The van der Waals surface area contributed by atoms with Crippen molar-refractivity contribution in [3.63, 3.8) is 0 Å². The molecule has 94 valence electrons. The molecule has 0 aliphatic carbocycles. The molecule has 0 fully saturated rings. The predicted octanol–water partition coefficient (Wildman–Crippen LogP) is 3.66. The molecule has 0 saturated carbocycles. The summed E-state index contributed by atoms with van der Waals surface area (Å²) in [6, 6.07) is 6.73. The van der Waals surface area contributed by atoms with Crippen molar-refractivity contribution in [2.75, 3.05) is 29.9 Å². The van der Waals surface area contributed by atoms with Gasteiger partial charge in [-0.25, -0.2) is 0 Å². The zero-order valence-corrected chi connectivity index (χ0v) is 11.5. The van der Waals surface area contributed by atoms with Crippen LogP contribution in [0.3, 0.4) is 0 Å². The molecule has 0 aromatic heterocycles.